The molecule has 1 N–H and O–H groups in total. The fourth-order valence-electron chi connectivity index (χ4n) is 2.56. The van der Waals surface area contributed by atoms with Crippen molar-refractivity contribution in [2.45, 2.75) is 38.8 Å². The van der Waals surface area contributed by atoms with E-state index in [9.17, 15) is 0 Å². The van der Waals surface area contributed by atoms with Crippen LogP contribution in [0.5, 0.6) is 0 Å². The molecule has 0 amide bonds. The molecule has 1 aliphatic heterocycles. The molecule has 0 spiro atoms. The molecule has 0 aromatic carbocycles. The molecule has 0 aliphatic carbocycles. The lowest BCUT2D eigenvalue weighted by Crippen LogP contribution is -2.26. The van der Waals surface area contributed by atoms with Gasteiger partial charge in [-0.05, 0) is 19.8 Å². The molecule has 0 fully saturated rings. The van der Waals surface area contributed by atoms with Gasteiger partial charge in [0.05, 0.1) is 11.2 Å². The molecular formula is C13H18N4S. The molecule has 18 heavy (non-hydrogen) atoms. The number of nitrogens with zero attached hydrogens (tertiary/aromatic N) is 3. The zero-order chi connectivity index (χ0) is 12.4. The second-order valence-corrected chi connectivity index (χ2v) is 5.75. The quantitative estimate of drug-likeness (QED) is 0.919. The van der Waals surface area contributed by atoms with E-state index >= 15 is 0 Å². The van der Waals surface area contributed by atoms with Crippen LogP contribution in [0.15, 0.2) is 17.9 Å². The minimum absolute atomic E-state index is 0.557. The van der Waals surface area contributed by atoms with Crippen molar-refractivity contribution in [2.75, 3.05) is 6.54 Å². The number of aryl methyl sites for hydroxylation is 2. The van der Waals surface area contributed by atoms with Gasteiger partial charge in [-0.15, -0.1) is 11.3 Å². The summed E-state index contributed by atoms with van der Waals surface area (Å²) in [6.07, 6.45) is 6.51. The second-order valence-electron chi connectivity index (χ2n) is 4.81. The molecule has 0 bridgehead atoms. The third-order valence-electron chi connectivity index (χ3n) is 3.59. The van der Waals surface area contributed by atoms with Crippen molar-refractivity contribution >= 4 is 11.3 Å². The van der Waals surface area contributed by atoms with Crippen molar-refractivity contribution < 1.29 is 0 Å². The summed E-state index contributed by atoms with van der Waals surface area (Å²) >= 11 is 1.73. The van der Waals surface area contributed by atoms with Gasteiger partial charge in [-0.1, -0.05) is 0 Å². The van der Waals surface area contributed by atoms with Crippen LogP contribution in [-0.4, -0.2) is 21.1 Å². The van der Waals surface area contributed by atoms with Crippen molar-refractivity contribution in [3.63, 3.8) is 0 Å². The molecule has 5 heteroatoms. The number of hydrogen-bond donors (Lipinski definition) is 1. The number of imidazole rings is 1. The molecule has 0 radical (unpaired) electrons. The lowest BCUT2D eigenvalue weighted by atomic mass is 9.99. The van der Waals surface area contributed by atoms with E-state index in [1.165, 1.54) is 23.5 Å². The summed E-state index contributed by atoms with van der Waals surface area (Å²) in [4.78, 5) is 10.1. The first-order valence-electron chi connectivity index (χ1n) is 6.45. The van der Waals surface area contributed by atoms with Gasteiger partial charge < -0.3 is 9.88 Å². The van der Waals surface area contributed by atoms with Crippen LogP contribution >= 0.6 is 11.3 Å². The maximum Gasteiger partial charge on any atom is 0.113 e. The van der Waals surface area contributed by atoms with Gasteiger partial charge in [-0.3, -0.25) is 0 Å². The molecule has 1 aliphatic rings. The van der Waals surface area contributed by atoms with E-state index in [0.717, 1.165) is 25.3 Å². The fourth-order valence-corrected chi connectivity index (χ4v) is 3.30. The van der Waals surface area contributed by atoms with Crippen LogP contribution < -0.4 is 5.32 Å². The van der Waals surface area contributed by atoms with Crippen LogP contribution in [0.2, 0.25) is 0 Å². The summed E-state index contributed by atoms with van der Waals surface area (Å²) < 4.78 is 2.29. The highest BCUT2D eigenvalue weighted by Crippen LogP contribution is 2.25. The van der Waals surface area contributed by atoms with Crippen LogP contribution in [-0.2, 0) is 13.1 Å². The van der Waals surface area contributed by atoms with E-state index < -0.39 is 0 Å². The molecule has 2 aromatic heterocycles. The van der Waals surface area contributed by atoms with E-state index in [0.29, 0.717) is 5.92 Å². The van der Waals surface area contributed by atoms with Gasteiger partial charge >= 0.3 is 0 Å². The summed E-state index contributed by atoms with van der Waals surface area (Å²) in [5.74, 6) is 1.80. The Bertz CT molecular complexity index is 517. The van der Waals surface area contributed by atoms with Gasteiger partial charge in [0.25, 0.3) is 0 Å². The Morgan fingerprint density at radius 1 is 1.50 bits per heavy atom. The predicted molar refractivity (Wildman–Crippen MR) is 72.8 cm³/mol. The fraction of sp³-hybridized carbons (Fsp3) is 0.538. The molecule has 3 heterocycles. The maximum atomic E-state index is 4.48. The number of thiazole rings is 1. The number of rotatable bonds is 4. The van der Waals surface area contributed by atoms with Crippen LogP contribution in [0.25, 0.3) is 0 Å². The standard InChI is InChI=1S/C13H18N4S/c1-10-12(18-9-16-10)8-14-7-11-3-2-5-17-6-4-15-13(11)17/h4,6,9,11,14H,2-3,5,7-8H2,1H3/t11-/m1/s1. The van der Waals surface area contributed by atoms with Crippen LogP contribution in [0.4, 0.5) is 0 Å². The Labute approximate surface area is 111 Å². The van der Waals surface area contributed by atoms with Gasteiger partial charge in [-0.2, -0.15) is 0 Å². The minimum Gasteiger partial charge on any atom is -0.335 e. The predicted octanol–water partition coefficient (Wildman–Crippen LogP) is 2.32. The van der Waals surface area contributed by atoms with Crippen LogP contribution in [0.3, 0.4) is 0 Å². The normalized spacial score (nSPS) is 18.8. The number of nitrogens with one attached hydrogen (secondary N) is 1. The minimum atomic E-state index is 0.557. The Hall–Kier alpha value is -1.20. The van der Waals surface area contributed by atoms with Crippen molar-refractivity contribution in [2.24, 2.45) is 0 Å². The van der Waals surface area contributed by atoms with E-state index in [1.807, 2.05) is 11.7 Å². The highest BCUT2D eigenvalue weighted by molar-refractivity contribution is 7.09. The summed E-state index contributed by atoms with van der Waals surface area (Å²) in [5, 5.41) is 3.55. The van der Waals surface area contributed by atoms with Gasteiger partial charge in [0.1, 0.15) is 5.82 Å². The third kappa shape index (κ3) is 2.33. The first-order chi connectivity index (χ1) is 8.84. The molecule has 0 saturated carbocycles. The summed E-state index contributed by atoms with van der Waals surface area (Å²) in [6.45, 7) is 5.13. The number of aromatic nitrogens is 3. The lowest BCUT2D eigenvalue weighted by molar-refractivity contribution is 0.423. The molecule has 3 rings (SSSR count). The summed E-state index contributed by atoms with van der Waals surface area (Å²) in [6, 6.07) is 0. The third-order valence-corrected chi connectivity index (χ3v) is 4.52. The number of fused-ring (bicyclic) bond motifs is 1. The highest BCUT2D eigenvalue weighted by atomic mass is 32.1. The Morgan fingerprint density at radius 3 is 3.28 bits per heavy atom. The lowest BCUT2D eigenvalue weighted by Gasteiger charge is -2.23. The second kappa shape index (κ2) is 5.20. The van der Waals surface area contributed by atoms with Crippen molar-refractivity contribution in [3.8, 4) is 0 Å². The largest absolute Gasteiger partial charge is 0.335 e. The van der Waals surface area contributed by atoms with Crippen molar-refractivity contribution in [1.82, 2.24) is 19.9 Å². The van der Waals surface area contributed by atoms with Crippen LogP contribution in [0, 0.1) is 6.92 Å². The number of hydrogen-bond acceptors (Lipinski definition) is 4. The smallest absolute Gasteiger partial charge is 0.113 e. The molecule has 0 unspecified atom stereocenters. The first-order valence-corrected chi connectivity index (χ1v) is 7.33. The summed E-state index contributed by atoms with van der Waals surface area (Å²) in [7, 11) is 0. The zero-order valence-corrected chi connectivity index (χ0v) is 11.4. The molecule has 4 nitrogen and oxygen atoms in total. The Morgan fingerprint density at radius 2 is 2.44 bits per heavy atom. The van der Waals surface area contributed by atoms with E-state index in [1.54, 1.807) is 11.3 Å². The Kier molecular flexibility index (Phi) is 3.43. The van der Waals surface area contributed by atoms with E-state index in [-0.39, 0.29) is 0 Å². The molecular weight excluding hydrogens is 244 g/mol. The first kappa shape index (κ1) is 11.9. The molecule has 1 atom stereocenters. The summed E-state index contributed by atoms with van der Waals surface area (Å²) in [5.41, 5.74) is 3.07. The molecule has 96 valence electrons. The topological polar surface area (TPSA) is 42.7 Å². The van der Waals surface area contributed by atoms with Gasteiger partial charge in [0, 0.05) is 42.8 Å². The van der Waals surface area contributed by atoms with Crippen LogP contribution in [0.1, 0.15) is 35.2 Å². The monoisotopic (exact) mass is 262 g/mol. The van der Waals surface area contributed by atoms with Gasteiger partial charge in [-0.25, -0.2) is 9.97 Å². The van der Waals surface area contributed by atoms with Gasteiger partial charge in [0.2, 0.25) is 0 Å². The average Bonchev–Trinajstić information content (AvgIpc) is 2.99. The van der Waals surface area contributed by atoms with Gasteiger partial charge in [0.15, 0.2) is 0 Å². The Balaban J connectivity index is 1.57. The molecule has 0 saturated heterocycles. The molecule has 2 aromatic rings. The maximum absolute atomic E-state index is 4.48. The zero-order valence-electron chi connectivity index (χ0n) is 10.6. The van der Waals surface area contributed by atoms with E-state index in [2.05, 4.69) is 33.0 Å². The van der Waals surface area contributed by atoms with Crippen molar-refractivity contribution in [1.29, 1.82) is 0 Å². The highest BCUT2D eigenvalue weighted by Gasteiger charge is 2.20. The SMILES string of the molecule is Cc1ncsc1CNC[C@H]1CCCn2ccnc21. The average molecular weight is 262 g/mol. The van der Waals surface area contributed by atoms with Crippen molar-refractivity contribution in [3.05, 3.63) is 34.3 Å². The van der Waals surface area contributed by atoms with E-state index in [4.69, 9.17) is 0 Å².